The maximum absolute atomic E-state index is 13.0. The molecule has 0 saturated carbocycles. The average Bonchev–Trinajstić information content (AvgIpc) is 3.25. The van der Waals surface area contributed by atoms with E-state index in [9.17, 15) is 14.9 Å². The van der Waals surface area contributed by atoms with Crippen LogP contribution in [0.1, 0.15) is 15.9 Å². The Hall–Kier alpha value is -3.59. The van der Waals surface area contributed by atoms with Gasteiger partial charge in [0.25, 0.3) is 11.6 Å². The van der Waals surface area contributed by atoms with Crippen LogP contribution in [0.5, 0.6) is 0 Å². The van der Waals surface area contributed by atoms with Crippen molar-refractivity contribution in [2.24, 2.45) is 0 Å². The van der Waals surface area contributed by atoms with Gasteiger partial charge in [0, 0.05) is 31.8 Å². The van der Waals surface area contributed by atoms with Crippen molar-refractivity contribution in [2.45, 2.75) is 6.54 Å². The molecule has 9 nitrogen and oxygen atoms in total. The molecule has 0 aliphatic rings. The third-order valence-electron chi connectivity index (χ3n) is 4.15. The first-order valence-corrected chi connectivity index (χ1v) is 8.55. The number of methoxy groups -OCH3 is 1. The van der Waals surface area contributed by atoms with Crippen LogP contribution in [-0.4, -0.2) is 50.8 Å². The molecule has 28 heavy (non-hydrogen) atoms. The molecule has 1 heterocycles. The molecule has 0 fully saturated rings. The van der Waals surface area contributed by atoms with Crippen molar-refractivity contribution in [3.05, 3.63) is 82.4 Å². The van der Waals surface area contributed by atoms with Crippen molar-refractivity contribution in [3.63, 3.8) is 0 Å². The first-order chi connectivity index (χ1) is 13.6. The van der Waals surface area contributed by atoms with Crippen LogP contribution < -0.4 is 0 Å². The maximum Gasteiger partial charge on any atom is 0.295 e. The second-order valence-corrected chi connectivity index (χ2v) is 6.01. The molecule has 1 aromatic heterocycles. The summed E-state index contributed by atoms with van der Waals surface area (Å²) in [5.74, 6) is -0.311. The minimum Gasteiger partial charge on any atom is -0.383 e. The van der Waals surface area contributed by atoms with E-state index in [-0.39, 0.29) is 22.8 Å². The van der Waals surface area contributed by atoms with Crippen LogP contribution in [0.2, 0.25) is 0 Å². The molecular formula is C19H19N5O4. The number of hydrogen-bond acceptors (Lipinski definition) is 6. The van der Waals surface area contributed by atoms with Gasteiger partial charge in [0.05, 0.1) is 11.5 Å². The fourth-order valence-electron chi connectivity index (χ4n) is 2.77. The zero-order valence-electron chi connectivity index (χ0n) is 15.3. The Morgan fingerprint density at radius 3 is 2.68 bits per heavy atom. The van der Waals surface area contributed by atoms with E-state index in [2.05, 4.69) is 10.1 Å². The summed E-state index contributed by atoms with van der Waals surface area (Å²) in [5.41, 5.74) is 1.21. The number of ether oxygens (including phenoxy) is 1. The number of nitrogens with zero attached hydrogens (tertiary/aromatic N) is 5. The topological polar surface area (TPSA) is 103 Å². The normalized spacial score (nSPS) is 10.6. The van der Waals surface area contributed by atoms with E-state index in [1.165, 1.54) is 29.5 Å². The molecule has 1 amide bonds. The highest BCUT2D eigenvalue weighted by atomic mass is 16.6. The lowest BCUT2D eigenvalue weighted by molar-refractivity contribution is -0.384. The van der Waals surface area contributed by atoms with Crippen molar-refractivity contribution in [2.75, 3.05) is 20.3 Å². The van der Waals surface area contributed by atoms with E-state index in [0.29, 0.717) is 19.7 Å². The third-order valence-corrected chi connectivity index (χ3v) is 4.15. The SMILES string of the molecule is COCCN(Cc1ccccc1)C(=O)c1ccc(-n2cncn2)c([N+](=O)[O-])c1. The van der Waals surface area contributed by atoms with Gasteiger partial charge in [0.1, 0.15) is 18.3 Å². The Balaban J connectivity index is 1.91. The number of amides is 1. The average molecular weight is 381 g/mol. The number of carbonyl (C=O) groups is 1. The number of carbonyl (C=O) groups excluding carboxylic acids is 1. The standard InChI is InChI=1S/C19H19N5O4/c1-28-10-9-22(12-15-5-3-2-4-6-15)19(25)16-7-8-17(18(11-16)24(26)27)23-14-20-13-21-23/h2-8,11,13-14H,9-10,12H2,1H3. The predicted octanol–water partition coefficient (Wildman–Crippen LogP) is 2.46. The highest BCUT2D eigenvalue weighted by Crippen LogP contribution is 2.24. The zero-order chi connectivity index (χ0) is 19.9. The number of nitro groups is 1. The van der Waals surface area contributed by atoms with Gasteiger partial charge < -0.3 is 9.64 Å². The summed E-state index contributed by atoms with van der Waals surface area (Å²) in [5, 5.41) is 15.4. The van der Waals surface area contributed by atoms with Crippen LogP contribution in [0, 0.1) is 10.1 Å². The molecule has 2 aromatic carbocycles. The fraction of sp³-hybridized carbons (Fsp3) is 0.211. The van der Waals surface area contributed by atoms with Crippen molar-refractivity contribution in [1.29, 1.82) is 0 Å². The Morgan fingerprint density at radius 1 is 1.25 bits per heavy atom. The van der Waals surface area contributed by atoms with E-state index < -0.39 is 4.92 Å². The zero-order valence-corrected chi connectivity index (χ0v) is 15.3. The smallest absolute Gasteiger partial charge is 0.295 e. The number of hydrogen-bond donors (Lipinski definition) is 0. The minimum absolute atomic E-state index is 0.220. The van der Waals surface area contributed by atoms with Gasteiger partial charge in [-0.1, -0.05) is 30.3 Å². The van der Waals surface area contributed by atoms with Gasteiger partial charge in [0.2, 0.25) is 0 Å². The van der Waals surface area contributed by atoms with Gasteiger partial charge in [0.15, 0.2) is 0 Å². The second kappa shape index (κ2) is 8.87. The Bertz CT molecular complexity index is 944. The minimum atomic E-state index is -0.537. The molecule has 0 radical (unpaired) electrons. The van der Waals surface area contributed by atoms with Crippen LogP contribution in [0.25, 0.3) is 5.69 Å². The van der Waals surface area contributed by atoms with Crippen LogP contribution in [0.4, 0.5) is 5.69 Å². The fourth-order valence-corrected chi connectivity index (χ4v) is 2.77. The monoisotopic (exact) mass is 381 g/mol. The molecule has 144 valence electrons. The van der Waals surface area contributed by atoms with Crippen molar-refractivity contribution in [3.8, 4) is 5.69 Å². The van der Waals surface area contributed by atoms with Gasteiger partial charge in [-0.25, -0.2) is 9.67 Å². The molecule has 3 rings (SSSR count). The van der Waals surface area contributed by atoms with Crippen LogP contribution in [-0.2, 0) is 11.3 Å². The van der Waals surface area contributed by atoms with Crippen LogP contribution in [0.3, 0.4) is 0 Å². The van der Waals surface area contributed by atoms with E-state index in [1.54, 1.807) is 18.1 Å². The van der Waals surface area contributed by atoms with Gasteiger partial charge in [-0.3, -0.25) is 14.9 Å². The van der Waals surface area contributed by atoms with E-state index in [4.69, 9.17) is 4.74 Å². The summed E-state index contributed by atoms with van der Waals surface area (Å²) in [6.07, 6.45) is 2.65. The summed E-state index contributed by atoms with van der Waals surface area (Å²) >= 11 is 0. The molecule has 0 aliphatic heterocycles. The molecule has 0 N–H and O–H groups in total. The lowest BCUT2D eigenvalue weighted by Crippen LogP contribution is -2.33. The molecule has 0 atom stereocenters. The van der Waals surface area contributed by atoms with Gasteiger partial charge in [-0.15, -0.1) is 0 Å². The highest BCUT2D eigenvalue weighted by Gasteiger charge is 2.22. The third kappa shape index (κ3) is 4.38. The lowest BCUT2D eigenvalue weighted by atomic mass is 10.1. The van der Waals surface area contributed by atoms with E-state index in [1.807, 2.05) is 30.3 Å². The first-order valence-electron chi connectivity index (χ1n) is 8.55. The molecular weight excluding hydrogens is 362 g/mol. The van der Waals surface area contributed by atoms with E-state index in [0.717, 1.165) is 5.56 Å². The molecule has 0 aliphatic carbocycles. The number of aromatic nitrogens is 3. The molecule has 0 spiro atoms. The molecule has 3 aromatic rings. The van der Waals surface area contributed by atoms with Crippen LogP contribution in [0.15, 0.2) is 61.2 Å². The molecule has 0 unspecified atom stereocenters. The van der Waals surface area contributed by atoms with Crippen molar-refractivity contribution < 1.29 is 14.5 Å². The summed E-state index contributed by atoms with van der Waals surface area (Å²) in [7, 11) is 1.56. The number of rotatable bonds is 8. The largest absolute Gasteiger partial charge is 0.383 e. The number of benzene rings is 2. The Labute approximate surface area is 161 Å². The predicted molar refractivity (Wildman–Crippen MR) is 101 cm³/mol. The Morgan fingerprint density at radius 2 is 2.04 bits per heavy atom. The van der Waals surface area contributed by atoms with Crippen molar-refractivity contribution >= 4 is 11.6 Å². The van der Waals surface area contributed by atoms with E-state index >= 15 is 0 Å². The summed E-state index contributed by atoms with van der Waals surface area (Å²) in [6, 6.07) is 13.8. The van der Waals surface area contributed by atoms with Crippen molar-refractivity contribution in [1.82, 2.24) is 19.7 Å². The quantitative estimate of drug-likeness (QED) is 0.439. The summed E-state index contributed by atoms with van der Waals surface area (Å²) < 4.78 is 6.40. The van der Waals surface area contributed by atoms with Gasteiger partial charge >= 0.3 is 0 Å². The summed E-state index contributed by atoms with van der Waals surface area (Å²) in [4.78, 5) is 29.4. The lowest BCUT2D eigenvalue weighted by Gasteiger charge is -2.22. The summed E-state index contributed by atoms with van der Waals surface area (Å²) in [6.45, 7) is 1.10. The van der Waals surface area contributed by atoms with Gasteiger partial charge in [-0.05, 0) is 17.7 Å². The van der Waals surface area contributed by atoms with Gasteiger partial charge in [-0.2, -0.15) is 5.10 Å². The molecule has 0 bridgehead atoms. The highest BCUT2D eigenvalue weighted by molar-refractivity contribution is 5.95. The maximum atomic E-state index is 13.0. The second-order valence-electron chi connectivity index (χ2n) is 6.01. The molecule has 9 heteroatoms. The molecule has 0 saturated heterocycles. The number of nitro benzene ring substituents is 1. The first kappa shape index (κ1) is 19.2. The van der Waals surface area contributed by atoms with Crippen LogP contribution >= 0.6 is 0 Å². The Kier molecular flexibility index (Phi) is 6.07.